The van der Waals surface area contributed by atoms with Crippen molar-refractivity contribution in [2.45, 2.75) is 51.0 Å². The normalized spacial score (nSPS) is 30.7. The maximum absolute atomic E-state index is 13.0. The Hall–Kier alpha value is -1.27. The molecule has 2 heterocycles. The topological polar surface area (TPSA) is 68.3 Å². The second-order valence-corrected chi connectivity index (χ2v) is 10.1. The first kappa shape index (κ1) is 16.9. The number of fused-ring (bicyclic) bond motifs is 3. The van der Waals surface area contributed by atoms with Gasteiger partial charge < -0.3 is 14.8 Å². The number of hydrogen-bond acceptors (Lipinski definition) is 4. The molecule has 1 amide bonds. The van der Waals surface area contributed by atoms with Crippen LogP contribution in [0.15, 0.2) is 6.20 Å². The van der Waals surface area contributed by atoms with Gasteiger partial charge in [-0.2, -0.15) is 0 Å². The van der Waals surface area contributed by atoms with Gasteiger partial charge in [-0.15, -0.1) is 0 Å². The average molecular weight is 374 g/mol. The monoisotopic (exact) mass is 373 g/mol. The minimum Gasteiger partial charge on any atom is -0.616 e. The molecule has 2 bridgehead atoms. The van der Waals surface area contributed by atoms with Gasteiger partial charge in [-0.3, -0.25) is 4.79 Å². The van der Waals surface area contributed by atoms with Crippen LogP contribution >= 0.6 is 0 Å². The van der Waals surface area contributed by atoms with E-state index in [0.29, 0.717) is 30.6 Å². The van der Waals surface area contributed by atoms with Crippen LogP contribution in [0.2, 0.25) is 0 Å². The number of carbonyl (C=O) groups excluding carboxylic acids is 1. The summed E-state index contributed by atoms with van der Waals surface area (Å²) in [7, 11) is 0. The van der Waals surface area contributed by atoms with Crippen molar-refractivity contribution in [3.8, 4) is 0 Å². The number of aromatic nitrogens is 1. The molecule has 0 aromatic carbocycles. The first-order valence-electron chi connectivity index (χ1n) is 10.1. The number of carbonyl (C=O) groups is 1. The van der Waals surface area contributed by atoms with E-state index in [2.05, 4.69) is 5.32 Å². The summed E-state index contributed by atoms with van der Waals surface area (Å²) in [6.07, 6.45) is 10.3. The molecule has 3 fully saturated rings. The Morgan fingerprint density at radius 2 is 2.00 bits per heavy atom. The lowest BCUT2D eigenvalue weighted by molar-refractivity contribution is 0.0768. The second kappa shape index (κ2) is 6.71. The fraction of sp³-hybridized carbons (Fsp3) is 0.700. The predicted octanol–water partition coefficient (Wildman–Crippen LogP) is 2.38. The highest BCUT2D eigenvalue weighted by atomic mass is 32.2. The SMILES string of the molecule is O=C(c1cnc(N[C@@H]2C[C@H]3CC[C@@H]2C3)c2c1CCC2)N1CC[S+]([O-])CC1. The van der Waals surface area contributed by atoms with Gasteiger partial charge in [0.2, 0.25) is 0 Å². The van der Waals surface area contributed by atoms with Crippen LogP contribution in [-0.4, -0.2) is 51.0 Å². The molecule has 1 N–H and O–H groups in total. The summed E-state index contributed by atoms with van der Waals surface area (Å²) in [5, 5.41) is 3.75. The molecule has 4 aliphatic rings. The predicted molar refractivity (Wildman–Crippen MR) is 103 cm³/mol. The Morgan fingerprint density at radius 1 is 1.19 bits per heavy atom. The van der Waals surface area contributed by atoms with E-state index in [9.17, 15) is 9.35 Å². The van der Waals surface area contributed by atoms with Crippen molar-refractivity contribution in [3.05, 3.63) is 22.9 Å². The molecule has 6 heteroatoms. The van der Waals surface area contributed by atoms with Crippen molar-refractivity contribution in [1.82, 2.24) is 9.88 Å². The van der Waals surface area contributed by atoms with E-state index in [-0.39, 0.29) is 5.91 Å². The van der Waals surface area contributed by atoms with E-state index >= 15 is 0 Å². The van der Waals surface area contributed by atoms with Gasteiger partial charge in [-0.25, -0.2) is 4.98 Å². The lowest BCUT2D eigenvalue weighted by Crippen LogP contribution is -2.44. The van der Waals surface area contributed by atoms with Crippen LogP contribution in [0.5, 0.6) is 0 Å². The van der Waals surface area contributed by atoms with Crippen LogP contribution in [0, 0.1) is 11.8 Å². The van der Waals surface area contributed by atoms with Gasteiger partial charge in [0, 0.05) is 12.2 Å². The summed E-state index contributed by atoms with van der Waals surface area (Å²) in [5.41, 5.74) is 3.27. The van der Waals surface area contributed by atoms with Crippen molar-refractivity contribution < 1.29 is 9.35 Å². The zero-order chi connectivity index (χ0) is 17.7. The van der Waals surface area contributed by atoms with Gasteiger partial charge >= 0.3 is 0 Å². The van der Waals surface area contributed by atoms with Gasteiger partial charge in [0.25, 0.3) is 5.91 Å². The van der Waals surface area contributed by atoms with Crippen molar-refractivity contribution in [1.29, 1.82) is 0 Å². The van der Waals surface area contributed by atoms with E-state index in [0.717, 1.165) is 42.5 Å². The van der Waals surface area contributed by atoms with Crippen LogP contribution in [0.1, 0.15) is 53.6 Å². The number of anilines is 1. The Kier molecular flexibility index (Phi) is 4.36. The van der Waals surface area contributed by atoms with Gasteiger partial charge in [-0.1, -0.05) is 17.6 Å². The molecule has 0 spiro atoms. The maximum Gasteiger partial charge on any atom is 0.256 e. The Balaban J connectivity index is 1.37. The summed E-state index contributed by atoms with van der Waals surface area (Å²) in [4.78, 5) is 19.6. The standard InChI is InChI=1S/C20H27N3O2S/c24-20(23-6-8-26(25)9-7-23)17-12-21-19(16-3-1-2-15(16)17)22-18-11-13-4-5-14(18)10-13/h12-14,18H,1-11H2,(H,21,22)/t13-,14+,18+/m0/s1. The molecule has 140 valence electrons. The first-order chi connectivity index (χ1) is 12.7. The third-order valence-electron chi connectivity index (χ3n) is 6.91. The lowest BCUT2D eigenvalue weighted by atomic mass is 9.95. The zero-order valence-corrected chi connectivity index (χ0v) is 16.0. The summed E-state index contributed by atoms with van der Waals surface area (Å²) in [5.74, 6) is 4.05. The van der Waals surface area contributed by atoms with Gasteiger partial charge in [0.05, 0.1) is 18.7 Å². The highest BCUT2D eigenvalue weighted by molar-refractivity contribution is 7.91. The van der Waals surface area contributed by atoms with Crippen molar-refractivity contribution in [2.24, 2.45) is 11.8 Å². The third kappa shape index (κ3) is 2.91. The molecule has 0 radical (unpaired) electrons. The van der Waals surface area contributed by atoms with Crippen LogP contribution in [0.25, 0.3) is 0 Å². The van der Waals surface area contributed by atoms with Gasteiger partial charge in [-0.05, 0) is 61.5 Å². The number of pyridine rings is 1. The summed E-state index contributed by atoms with van der Waals surface area (Å²) in [6, 6.07) is 0.574. The van der Waals surface area contributed by atoms with E-state index in [1.165, 1.54) is 36.8 Å². The molecule has 26 heavy (non-hydrogen) atoms. The van der Waals surface area contributed by atoms with E-state index in [4.69, 9.17) is 4.98 Å². The first-order valence-corrected chi connectivity index (χ1v) is 11.6. The molecule has 0 unspecified atom stereocenters. The Morgan fingerprint density at radius 3 is 2.73 bits per heavy atom. The fourth-order valence-electron chi connectivity index (χ4n) is 5.50. The highest BCUT2D eigenvalue weighted by Crippen LogP contribution is 2.46. The molecule has 1 aromatic heterocycles. The number of hydrogen-bond donors (Lipinski definition) is 1. The maximum atomic E-state index is 13.0. The fourth-order valence-corrected chi connectivity index (χ4v) is 6.56. The molecular formula is C20H27N3O2S. The molecule has 3 aliphatic carbocycles. The van der Waals surface area contributed by atoms with Gasteiger partial charge in [0.1, 0.15) is 17.3 Å². The number of nitrogens with one attached hydrogen (secondary N) is 1. The molecule has 1 aromatic rings. The third-order valence-corrected chi connectivity index (χ3v) is 8.18. The largest absolute Gasteiger partial charge is 0.616 e. The number of nitrogens with zero attached hydrogens (tertiary/aromatic N) is 2. The molecule has 5 nitrogen and oxygen atoms in total. The number of rotatable bonds is 3. The molecular weight excluding hydrogens is 346 g/mol. The smallest absolute Gasteiger partial charge is 0.256 e. The summed E-state index contributed by atoms with van der Waals surface area (Å²) in [6.45, 7) is 1.21. The van der Waals surface area contributed by atoms with E-state index in [1.807, 2.05) is 4.90 Å². The minimum absolute atomic E-state index is 0.0822. The molecule has 5 rings (SSSR count). The Bertz CT molecular complexity index is 717. The van der Waals surface area contributed by atoms with Crippen LogP contribution < -0.4 is 5.32 Å². The average Bonchev–Trinajstić information content (AvgIpc) is 3.39. The van der Waals surface area contributed by atoms with Crippen LogP contribution in [0.4, 0.5) is 5.82 Å². The van der Waals surface area contributed by atoms with E-state index in [1.54, 1.807) is 6.20 Å². The summed E-state index contributed by atoms with van der Waals surface area (Å²) < 4.78 is 11.6. The highest BCUT2D eigenvalue weighted by Gasteiger charge is 2.40. The van der Waals surface area contributed by atoms with Crippen molar-refractivity contribution in [3.63, 3.8) is 0 Å². The molecule has 3 atom stereocenters. The van der Waals surface area contributed by atoms with Crippen LogP contribution in [-0.2, 0) is 24.0 Å². The second-order valence-electron chi connectivity index (χ2n) is 8.40. The molecule has 1 aliphatic heterocycles. The van der Waals surface area contributed by atoms with Gasteiger partial charge in [0.15, 0.2) is 0 Å². The quantitative estimate of drug-likeness (QED) is 0.826. The number of amides is 1. The molecule has 2 saturated carbocycles. The zero-order valence-electron chi connectivity index (χ0n) is 15.2. The Labute approximate surface area is 158 Å². The van der Waals surface area contributed by atoms with Crippen molar-refractivity contribution >= 4 is 22.9 Å². The lowest BCUT2D eigenvalue weighted by Gasteiger charge is -2.29. The minimum atomic E-state index is -0.760. The summed E-state index contributed by atoms with van der Waals surface area (Å²) >= 11 is -0.760. The van der Waals surface area contributed by atoms with Crippen LogP contribution in [0.3, 0.4) is 0 Å². The van der Waals surface area contributed by atoms with Crippen molar-refractivity contribution in [2.75, 3.05) is 29.9 Å². The molecule has 1 saturated heterocycles. The van der Waals surface area contributed by atoms with E-state index < -0.39 is 11.2 Å².